The second kappa shape index (κ2) is 13.1. The summed E-state index contributed by atoms with van der Waals surface area (Å²) < 4.78 is 5.91. The average Bonchev–Trinajstić information content (AvgIpc) is 3.32. The zero-order valence-electron chi connectivity index (χ0n) is 21.1. The molecule has 0 unspecified atom stereocenters. The third kappa shape index (κ3) is 6.51. The van der Waals surface area contributed by atoms with E-state index < -0.39 is 14.6 Å². The van der Waals surface area contributed by atoms with E-state index in [4.69, 9.17) is 0 Å². The van der Waals surface area contributed by atoms with Gasteiger partial charge in [0.25, 0.3) is 0 Å². The quantitative estimate of drug-likeness (QED) is 0.487. The SMILES string of the molecule is CC(C)N1CCN(C(C)C)[C]1=[Ru](=[CH]c1ccccc1)=[C]1N(C(C)C)CCN1C(C)C.Cl.Cl. The molecule has 2 saturated heterocycles. The molecule has 0 bridgehead atoms. The molecule has 2 aliphatic heterocycles. The van der Waals surface area contributed by atoms with Crippen LogP contribution in [0.5, 0.6) is 0 Å². The molecule has 1 aromatic rings. The van der Waals surface area contributed by atoms with Crippen LogP contribution in [-0.2, 0) is 14.6 Å². The summed E-state index contributed by atoms with van der Waals surface area (Å²) >= 11 is -1.67. The predicted octanol–water partition coefficient (Wildman–Crippen LogP) is 4.34. The summed E-state index contributed by atoms with van der Waals surface area (Å²) in [6.07, 6.45) is 0. The zero-order valence-corrected chi connectivity index (χ0v) is 24.4. The Bertz CT molecular complexity index is 794. The second-order valence-corrected chi connectivity index (χ2v) is 13.0. The number of benzene rings is 1. The molecule has 7 heteroatoms. The minimum Gasteiger partial charge on any atom is -0.147 e. The van der Waals surface area contributed by atoms with Crippen molar-refractivity contribution < 1.29 is 14.6 Å². The van der Waals surface area contributed by atoms with Gasteiger partial charge < -0.3 is 0 Å². The van der Waals surface area contributed by atoms with Gasteiger partial charge in [-0.15, -0.1) is 24.8 Å². The van der Waals surface area contributed by atoms with Crippen molar-refractivity contribution in [2.75, 3.05) is 26.2 Å². The van der Waals surface area contributed by atoms with Crippen LogP contribution in [0.25, 0.3) is 0 Å². The molecule has 2 heterocycles. The molecule has 186 valence electrons. The van der Waals surface area contributed by atoms with Crippen molar-refractivity contribution in [3.05, 3.63) is 35.9 Å². The van der Waals surface area contributed by atoms with Crippen LogP contribution in [0.3, 0.4) is 0 Å². The van der Waals surface area contributed by atoms with E-state index in [-0.39, 0.29) is 24.8 Å². The summed E-state index contributed by atoms with van der Waals surface area (Å²) in [5.41, 5.74) is 1.37. The van der Waals surface area contributed by atoms with Gasteiger partial charge in [0.2, 0.25) is 0 Å². The maximum absolute atomic E-state index is 2.71. The average molecular weight is 573 g/mol. The summed E-state index contributed by atoms with van der Waals surface area (Å²) in [5, 5.41) is 0. The topological polar surface area (TPSA) is 13.0 Å². The fourth-order valence-corrected chi connectivity index (χ4v) is 10.7. The van der Waals surface area contributed by atoms with Crippen LogP contribution in [0, 0.1) is 0 Å². The van der Waals surface area contributed by atoms with E-state index in [0.717, 1.165) is 26.2 Å². The number of hydrogen-bond donors (Lipinski definition) is 0. The van der Waals surface area contributed by atoms with Crippen molar-refractivity contribution in [3.8, 4) is 0 Å². The summed E-state index contributed by atoms with van der Waals surface area (Å²) in [7, 11) is 0. The van der Waals surface area contributed by atoms with E-state index >= 15 is 0 Å². The Morgan fingerprint density at radius 2 is 0.906 bits per heavy atom. The maximum Gasteiger partial charge on any atom is -0.147 e. The Morgan fingerprint density at radius 1 is 0.594 bits per heavy atom. The Labute approximate surface area is 213 Å². The molecule has 0 N–H and O–H groups in total. The summed E-state index contributed by atoms with van der Waals surface area (Å²) in [6, 6.07) is 13.2. The molecule has 0 saturated carbocycles. The van der Waals surface area contributed by atoms with E-state index in [9.17, 15) is 0 Å². The Kier molecular flexibility index (Phi) is 12.2. The van der Waals surface area contributed by atoms with Crippen molar-refractivity contribution in [3.63, 3.8) is 0 Å². The van der Waals surface area contributed by atoms with Crippen molar-refractivity contribution >= 4 is 38.1 Å². The van der Waals surface area contributed by atoms with Crippen molar-refractivity contribution in [1.29, 1.82) is 0 Å². The first-order chi connectivity index (χ1) is 14.2. The van der Waals surface area contributed by atoms with E-state index in [1.807, 2.05) is 0 Å². The Hall–Kier alpha value is -0.127. The molecule has 0 amide bonds. The first kappa shape index (κ1) is 29.9. The van der Waals surface area contributed by atoms with Gasteiger partial charge in [-0.3, -0.25) is 0 Å². The monoisotopic (exact) mass is 572 g/mol. The number of rotatable bonds is 5. The van der Waals surface area contributed by atoms with Crippen LogP contribution in [0.1, 0.15) is 61.0 Å². The molecule has 0 aliphatic carbocycles. The molecule has 1 aromatic carbocycles. The van der Waals surface area contributed by atoms with E-state index in [0.29, 0.717) is 24.2 Å². The van der Waals surface area contributed by atoms with Gasteiger partial charge >= 0.3 is 189 Å². The normalized spacial score (nSPS) is 19.0. The van der Waals surface area contributed by atoms with Gasteiger partial charge in [-0.1, -0.05) is 0 Å². The standard InChI is InChI=1S/2C9H18N2.C7H6.2ClH.Ru/c2*1-8(2)10-5-6-11(7-10)9(3)4;1-7-5-3-2-4-6-7;;;/h2*8-9H,5-6H2,1-4H3;1-6H;2*1H;. The Morgan fingerprint density at radius 3 is 1.19 bits per heavy atom. The molecule has 0 radical (unpaired) electrons. The zero-order chi connectivity index (χ0) is 22.0. The van der Waals surface area contributed by atoms with E-state index in [1.165, 1.54) is 5.56 Å². The van der Waals surface area contributed by atoms with Gasteiger partial charge in [0.1, 0.15) is 0 Å². The molecule has 3 rings (SSSR count). The molecule has 2 aliphatic rings. The summed E-state index contributed by atoms with van der Waals surface area (Å²) in [5.74, 6) is 0. The van der Waals surface area contributed by atoms with Crippen LogP contribution >= 0.6 is 24.8 Å². The fraction of sp³-hybridized carbons (Fsp3) is 0.640. The minimum absolute atomic E-state index is 0. The smallest absolute Gasteiger partial charge is 0.147 e. The number of hydrogen-bond acceptors (Lipinski definition) is 4. The molecule has 0 spiro atoms. The van der Waals surface area contributed by atoms with Crippen LogP contribution in [0.2, 0.25) is 0 Å². The molecule has 2 fully saturated rings. The Balaban J connectivity index is 0.00000256. The van der Waals surface area contributed by atoms with Crippen LogP contribution in [-0.4, -0.2) is 83.3 Å². The van der Waals surface area contributed by atoms with Gasteiger partial charge in [-0.2, -0.15) is 0 Å². The van der Waals surface area contributed by atoms with Crippen LogP contribution < -0.4 is 0 Å². The summed E-state index contributed by atoms with van der Waals surface area (Å²) in [6.45, 7) is 23.5. The molecule has 32 heavy (non-hydrogen) atoms. The van der Waals surface area contributed by atoms with Gasteiger partial charge in [0, 0.05) is 0 Å². The fourth-order valence-electron chi connectivity index (χ4n) is 4.22. The predicted molar refractivity (Wildman–Crippen MR) is 143 cm³/mol. The first-order valence-electron chi connectivity index (χ1n) is 11.6. The van der Waals surface area contributed by atoms with Crippen molar-refractivity contribution in [2.45, 2.75) is 79.6 Å². The summed E-state index contributed by atoms with van der Waals surface area (Å²) in [4.78, 5) is 10.8. The largest absolute Gasteiger partial charge is 0.147 e. The van der Waals surface area contributed by atoms with E-state index in [1.54, 1.807) is 8.71 Å². The molecule has 4 nitrogen and oxygen atoms in total. The molecule has 0 aromatic heterocycles. The third-order valence-corrected chi connectivity index (χ3v) is 10.7. The van der Waals surface area contributed by atoms with Gasteiger partial charge in [0.15, 0.2) is 0 Å². The third-order valence-electron chi connectivity index (χ3n) is 5.94. The number of halogens is 2. The second-order valence-electron chi connectivity index (χ2n) is 9.47. The van der Waals surface area contributed by atoms with Gasteiger partial charge in [-0.25, -0.2) is 0 Å². The first-order valence-corrected chi connectivity index (χ1v) is 14.3. The molecular weight excluding hydrogens is 528 g/mol. The van der Waals surface area contributed by atoms with Crippen molar-refractivity contribution in [2.24, 2.45) is 0 Å². The maximum atomic E-state index is 2.71. The molecule has 0 atom stereocenters. The number of nitrogens with zero attached hydrogens (tertiary/aromatic N) is 4. The van der Waals surface area contributed by atoms with E-state index in [2.05, 4.69) is 110 Å². The van der Waals surface area contributed by atoms with Crippen LogP contribution in [0.4, 0.5) is 0 Å². The van der Waals surface area contributed by atoms with Gasteiger partial charge in [-0.05, 0) is 0 Å². The minimum atomic E-state index is -1.67. The van der Waals surface area contributed by atoms with Crippen LogP contribution in [0.15, 0.2) is 30.3 Å². The molecular formula is C25H44Cl2N4Ru. The van der Waals surface area contributed by atoms with Crippen molar-refractivity contribution in [1.82, 2.24) is 19.6 Å². The van der Waals surface area contributed by atoms with Gasteiger partial charge in [0.05, 0.1) is 0 Å².